The van der Waals surface area contributed by atoms with Crippen LogP contribution in [0.2, 0.25) is 0 Å². The van der Waals surface area contributed by atoms with Crippen molar-refractivity contribution in [2.45, 2.75) is 26.6 Å². The van der Waals surface area contributed by atoms with Gasteiger partial charge in [-0.1, -0.05) is 24.0 Å². The maximum absolute atomic E-state index is 12.1. The average Bonchev–Trinajstić information content (AvgIpc) is 2.44. The van der Waals surface area contributed by atoms with Crippen molar-refractivity contribution < 1.29 is 24.2 Å². The van der Waals surface area contributed by atoms with E-state index in [9.17, 15) is 14.7 Å². The highest BCUT2D eigenvalue weighted by atomic mass is 16.7. The third-order valence-electron chi connectivity index (χ3n) is 2.86. The zero-order valence-electron chi connectivity index (χ0n) is 13.0. The molecule has 0 aliphatic carbocycles. The number of para-hydroxylation sites is 1. The molecule has 1 fully saturated rings. The average molecular weight is 317 g/mol. The molecule has 0 bridgehead atoms. The van der Waals surface area contributed by atoms with Crippen LogP contribution in [0.3, 0.4) is 0 Å². The molecule has 0 saturated carbocycles. The summed E-state index contributed by atoms with van der Waals surface area (Å²) >= 11 is 0. The molecule has 1 aromatic carbocycles. The van der Waals surface area contributed by atoms with Crippen molar-refractivity contribution in [2.24, 2.45) is 0 Å². The number of hydrogen-bond donors (Lipinski definition) is 2. The molecule has 0 atom stereocenters. The van der Waals surface area contributed by atoms with Crippen LogP contribution in [0.5, 0.6) is 0 Å². The minimum atomic E-state index is -1.37. The topological polar surface area (TPSA) is 99.7 Å². The van der Waals surface area contributed by atoms with Gasteiger partial charge in [-0.2, -0.15) is 0 Å². The predicted molar refractivity (Wildman–Crippen MR) is 80.2 cm³/mol. The lowest BCUT2D eigenvalue weighted by atomic mass is 10.1. The quantitative estimate of drug-likeness (QED) is 0.280. The fourth-order valence-electron chi connectivity index (χ4n) is 1.85. The molecule has 1 aliphatic rings. The van der Waals surface area contributed by atoms with E-state index in [0.29, 0.717) is 5.70 Å². The standard InChI is InChI=1S/C16H18N2O5/c1-10(17-18-11-7-5-4-6-8-11)9-12(19)13-14(20)22-16(2,3)23-15(13)21/h4-9,17-19H,1-3H3/p-1/b10-9-. The minimum Gasteiger partial charge on any atom is -0.872 e. The second-order valence-corrected chi connectivity index (χ2v) is 5.36. The van der Waals surface area contributed by atoms with Crippen LogP contribution in [0, 0.1) is 0 Å². The van der Waals surface area contributed by atoms with Gasteiger partial charge in [-0.3, -0.25) is 0 Å². The van der Waals surface area contributed by atoms with Crippen LogP contribution in [0.25, 0.3) is 0 Å². The van der Waals surface area contributed by atoms with E-state index >= 15 is 0 Å². The Kier molecular flexibility index (Phi) is 4.59. The van der Waals surface area contributed by atoms with Crippen LogP contribution in [-0.4, -0.2) is 17.7 Å². The lowest BCUT2D eigenvalue weighted by Crippen LogP contribution is -2.43. The third kappa shape index (κ3) is 4.26. The number of benzene rings is 1. The lowest BCUT2D eigenvalue weighted by Gasteiger charge is -2.31. The molecule has 23 heavy (non-hydrogen) atoms. The Morgan fingerprint density at radius 2 is 1.70 bits per heavy atom. The smallest absolute Gasteiger partial charge is 0.348 e. The second-order valence-electron chi connectivity index (χ2n) is 5.36. The molecule has 2 rings (SSSR count). The number of hydrazine groups is 1. The second kappa shape index (κ2) is 6.43. The van der Waals surface area contributed by atoms with E-state index in [4.69, 9.17) is 9.47 Å². The Morgan fingerprint density at radius 1 is 1.13 bits per heavy atom. The summed E-state index contributed by atoms with van der Waals surface area (Å²) in [4.78, 5) is 23.6. The van der Waals surface area contributed by atoms with E-state index in [0.717, 1.165) is 11.8 Å². The van der Waals surface area contributed by atoms with Gasteiger partial charge in [0.05, 0.1) is 5.69 Å². The molecule has 2 N–H and O–H groups in total. The zero-order chi connectivity index (χ0) is 17.0. The molecular formula is C16H17N2O5-. The fourth-order valence-corrected chi connectivity index (χ4v) is 1.85. The number of carbonyl (C=O) groups excluding carboxylic acids is 2. The van der Waals surface area contributed by atoms with Crippen molar-refractivity contribution in [2.75, 3.05) is 5.43 Å². The van der Waals surface area contributed by atoms with Crippen LogP contribution in [0.1, 0.15) is 20.8 Å². The number of anilines is 1. The molecule has 0 unspecified atom stereocenters. The van der Waals surface area contributed by atoms with Gasteiger partial charge >= 0.3 is 11.9 Å². The highest BCUT2D eigenvalue weighted by Gasteiger charge is 2.39. The van der Waals surface area contributed by atoms with E-state index in [2.05, 4.69) is 10.9 Å². The Hall–Kier alpha value is -2.96. The van der Waals surface area contributed by atoms with E-state index in [1.807, 2.05) is 30.3 Å². The van der Waals surface area contributed by atoms with E-state index in [-0.39, 0.29) is 0 Å². The molecule has 0 spiro atoms. The summed E-state index contributed by atoms with van der Waals surface area (Å²) < 4.78 is 9.77. The minimum absolute atomic E-state index is 0.414. The molecule has 1 aliphatic heterocycles. The number of rotatable bonds is 4. The number of esters is 2. The van der Waals surface area contributed by atoms with Gasteiger partial charge in [0.1, 0.15) is 5.57 Å². The van der Waals surface area contributed by atoms with Gasteiger partial charge in [0.15, 0.2) is 0 Å². The number of carbonyl (C=O) groups is 2. The van der Waals surface area contributed by atoms with Crippen molar-refractivity contribution in [1.29, 1.82) is 0 Å². The normalized spacial score (nSPS) is 17.2. The molecule has 7 nitrogen and oxygen atoms in total. The number of ether oxygens (including phenoxy) is 2. The largest absolute Gasteiger partial charge is 0.872 e. The summed E-state index contributed by atoms with van der Waals surface area (Å²) in [6.45, 7) is 4.44. The highest BCUT2D eigenvalue weighted by molar-refractivity contribution is 6.16. The van der Waals surface area contributed by atoms with Gasteiger partial charge in [0, 0.05) is 19.5 Å². The summed E-state index contributed by atoms with van der Waals surface area (Å²) in [5.41, 5.74) is 6.22. The molecule has 1 heterocycles. The summed E-state index contributed by atoms with van der Waals surface area (Å²) in [5, 5.41) is 12.1. The summed E-state index contributed by atoms with van der Waals surface area (Å²) in [5.74, 6) is -4.13. The summed E-state index contributed by atoms with van der Waals surface area (Å²) in [6, 6.07) is 9.22. The van der Waals surface area contributed by atoms with Gasteiger partial charge in [-0.15, -0.1) is 0 Å². The lowest BCUT2D eigenvalue weighted by molar-refractivity contribution is -0.298. The first kappa shape index (κ1) is 16.4. The Morgan fingerprint density at radius 3 is 2.26 bits per heavy atom. The van der Waals surface area contributed by atoms with Crippen LogP contribution in [0.4, 0.5) is 5.69 Å². The maximum Gasteiger partial charge on any atom is 0.348 e. The molecule has 0 radical (unpaired) electrons. The highest BCUT2D eigenvalue weighted by Crippen LogP contribution is 2.23. The van der Waals surface area contributed by atoms with E-state index in [1.165, 1.54) is 13.8 Å². The van der Waals surface area contributed by atoms with Gasteiger partial charge in [0.2, 0.25) is 0 Å². The van der Waals surface area contributed by atoms with Crippen molar-refractivity contribution in [3.8, 4) is 0 Å². The number of cyclic esters (lactones) is 2. The van der Waals surface area contributed by atoms with Gasteiger partial charge in [-0.05, 0) is 25.1 Å². The van der Waals surface area contributed by atoms with E-state index in [1.54, 1.807) is 6.92 Å². The van der Waals surface area contributed by atoms with Crippen LogP contribution < -0.4 is 16.0 Å². The molecular weight excluding hydrogens is 300 g/mol. The number of nitrogens with one attached hydrogen (secondary N) is 2. The Balaban J connectivity index is 2.10. The van der Waals surface area contributed by atoms with Gasteiger partial charge in [0.25, 0.3) is 5.79 Å². The first-order valence-corrected chi connectivity index (χ1v) is 6.92. The van der Waals surface area contributed by atoms with Crippen LogP contribution >= 0.6 is 0 Å². The third-order valence-corrected chi connectivity index (χ3v) is 2.86. The SMILES string of the molecule is C/C(=C/C([O-])=C1C(=O)OC(C)(C)OC1=O)NNc1ccccc1. The molecule has 0 aromatic heterocycles. The molecule has 1 saturated heterocycles. The monoisotopic (exact) mass is 317 g/mol. The molecule has 122 valence electrons. The number of hydrogen-bond acceptors (Lipinski definition) is 7. The zero-order valence-corrected chi connectivity index (χ0v) is 13.0. The van der Waals surface area contributed by atoms with E-state index < -0.39 is 29.1 Å². The number of allylic oxidation sites excluding steroid dienone is 2. The predicted octanol–water partition coefficient (Wildman–Crippen LogP) is 0.957. The van der Waals surface area contributed by atoms with Crippen molar-refractivity contribution in [3.05, 3.63) is 53.4 Å². The van der Waals surface area contributed by atoms with Crippen molar-refractivity contribution in [1.82, 2.24) is 5.43 Å². The first-order chi connectivity index (χ1) is 10.8. The maximum atomic E-state index is 12.1. The van der Waals surface area contributed by atoms with Gasteiger partial charge in [-0.25, -0.2) is 9.59 Å². The summed E-state index contributed by atoms with van der Waals surface area (Å²) in [6.07, 6.45) is 1.12. The Bertz CT molecular complexity index is 655. The molecule has 0 amide bonds. The Labute approximate surface area is 133 Å². The first-order valence-electron chi connectivity index (χ1n) is 6.92. The molecule has 1 aromatic rings. The van der Waals surface area contributed by atoms with Crippen molar-refractivity contribution in [3.63, 3.8) is 0 Å². The van der Waals surface area contributed by atoms with Crippen LogP contribution in [0.15, 0.2) is 53.4 Å². The fraction of sp³-hybridized carbons (Fsp3) is 0.250. The van der Waals surface area contributed by atoms with Crippen molar-refractivity contribution >= 4 is 17.6 Å². The van der Waals surface area contributed by atoms with Crippen LogP contribution in [-0.2, 0) is 19.1 Å². The summed E-state index contributed by atoms with van der Waals surface area (Å²) in [7, 11) is 0. The van der Waals surface area contributed by atoms with Gasteiger partial charge < -0.3 is 25.4 Å². The molecule has 7 heteroatoms.